The van der Waals surface area contributed by atoms with Crippen LogP contribution in [0.5, 0.6) is 5.75 Å². The highest BCUT2D eigenvalue weighted by molar-refractivity contribution is 6.32. The number of carbonyl (C=O) groups excluding carboxylic acids is 2. The van der Waals surface area contributed by atoms with Crippen LogP contribution in [0.4, 0.5) is 0 Å². The molecule has 80 valence electrons. The molecule has 1 rings (SSSR count). The number of carboxylic acids is 1. The summed E-state index contributed by atoms with van der Waals surface area (Å²) in [5.74, 6) is -1.83. The maximum absolute atomic E-state index is 11.4. The summed E-state index contributed by atoms with van der Waals surface area (Å²) in [6, 6.07) is 4.56. The van der Waals surface area contributed by atoms with E-state index in [1.54, 1.807) is 12.1 Å². The summed E-state index contributed by atoms with van der Waals surface area (Å²) in [6.07, 6.45) is -0.684. The van der Waals surface area contributed by atoms with Gasteiger partial charge in [0, 0.05) is 5.97 Å². The van der Waals surface area contributed by atoms with Crippen molar-refractivity contribution in [2.75, 3.05) is 7.11 Å². The first-order valence-electron chi connectivity index (χ1n) is 4.11. The molecule has 0 aliphatic rings. The number of ether oxygens (including phenoxy) is 1. The second-order valence-corrected chi connectivity index (χ2v) is 3.20. The van der Waals surface area contributed by atoms with E-state index in [1.807, 2.05) is 0 Å². The minimum absolute atomic E-state index is 0.147. The highest BCUT2D eigenvalue weighted by Crippen LogP contribution is 2.28. The van der Waals surface area contributed by atoms with Gasteiger partial charge in [0.15, 0.2) is 5.78 Å². The lowest BCUT2D eigenvalue weighted by atomic mass is 10.1. The lowest BCUT2D eigenvalue weighted by Crippen LogP contribution is -2.25. The van der Waals surface area contributed by atoms with Crippen molar-refractivity contribution in [1.29, 1.82) is 0 Å². The quantitative estimate of drug-likeness (QED) is 0.560. The fourth-order valence-corrected chi connectivity index (χ4v) is 1.41. The minimum Gasteiger partial charge on any atom is -0.550 e. The van der Waals surface area contributed by atoms with Gasteiger partial charge in [0.1, 0.15) is 5.75 Å². The predicted molar refractivity (Wildman–Crippen MR) is 52.0 cm³/mol. The Morgan fingerprint density at radius 3 is 2.67 bits per heavy atom. The molecule has 0 aromatic heterocycles. The van der Waals surface area contributed by atoms with Crippen LogP contribution in [0.1, 0.15) is 16.8 Å². The van der Waals surface area contributed by atoms with Gasteiger partial charge >= 0.3 is 0 Å². The van der Waals surface area contributed by atoms with E-state index in [2.05, 4.69) is 0 Å². The number of hydrogen-bond acceptors (Lipinski definition) is 4. The Labute approximate surface area is 91.4 Å². The van der Waals surface area contributed by atoms with Crippen LogP contribution in [0.2, 0.25) is 5.02 Å². The second kappa shape index (κ2) is 4.79. The zero-order valence-corrected chi connectivity index (χ0v) is 8.71. The molecule has 0 fully saturated rings. The number of halogens is 1. The van der Waals surface area contributed by atoms with E-state index in [0.717, 1.165) is 0 Å². The number of hydrogen-bond donors (Lipinski definition) is 0. The van der Waals surface area contributed by atoms with Crippen molar-refractivity contribution >= 4 is 23.4 Å². The number of methoxy groups -OCH3 is 1. The number of aliphatic carboxylic acids is 1. The third kappa shape index (κ3) is 2.70. The molecule has 0 N–H and O–H groups in total. The molecule has 0 atom stereocenters. The number of para-hydroxylation sites is 1. The Morgan fingerprint density at radius 1 is 1.47 bits per heavy atom. The number of carboxylic acid groups (broad SMARTS) is 1. The molecule has 0 saturated heterocycles. The lowest BCUT2D eigenvalue weighted by molar-refractivity contribution is -0.304. The van der Waals surface area contributed by atoms with Crippen LogP contribution >= 0.6 is 11.6 Å². The standard InChI is InChI=1S/C10H9ClO4/c1-15-10-6(3-2-4-7(10)11)8(12)5-9(13)14/h2-4H,5H2,1H3,(H,13,14)/p-1. The fraction of sp³-hybridized carbons (Fsp3) is 0.200. The molecule has 0 bridgehead atoms. The Hall–Kier alpha value is -1.55. The van der Waals surface area contributed by atoms with Crippen LogP contribution < -0.4 is 9.84 Å². The maximum Gasteiger partial charge on any atom is 0.172 e. The van der Waals surface area contributed by atoms with Gasteiger partial charge in [0.2, 0.25) is 0 Å². The van der Waals surface area contributed by atoms with Crippen LogP contribution in [-0.2, 0) is 4.79 Å². The maximum atomic E-state index is 11.4. The van der Waals surface area contributed by atoms with Crippen molar-refractivity contribution < 1.29 is 19.4 Å². The van der Waals surface area contributed by atoms with E-state index in [1.165, 1.54) is 13.2 Å². The van der Waals surface area contributed by atoms with E-state index in [9.17, 15) is 14.7 Å². The molecule has 1 aromatic rings. The van der Waals surface area contributed by atoms with E-state index in [4.69, 9.17) is 16.3 Å². The third-order valence-electron chi connectivity index (χ3n) is 1.78. The predicted octanol–water partition coefficient (Wildman–Crippen LogP) is 0.671. The van der Waals surface area contributed by atoms with Gasteiger partial charge in [-0.1, -0.05) is 17.7 Å². The van der Waals surface area contributed by atoms with E-state index >= 15 is 0 Å². The summed E-state index contributed by atoms with van der Waals surface area (Å²) < 4.78 is 4.91. The monoisotopic (exact) mass is 227 g/mol. The van der Waals surface area contributed by atoms with Crippen LogP contribution in [0, 0.1) is 0 Å². The third-order valence-corrected chi connectivity index (χ3v) is 2.07. The Morgan fingerprint density at radius 2 is 2.13 bits per heavy atom. The number of Topliss-reactive ketones (excluding diaryl/α,β-unsaturated/α-hetero) is 1. The van der Waals surface area contributed by atoms with Gasteiger partial charge < -0.3 is 14.6 Å². The lowest BCUT2D eigenvalue weighted by Gasteiger charge is -2.09. The van der Waals surface area contributed by atoms with Crippen molar-refractivity contribution in [1.82, 2.24) is 0 Å². The van der Waals surface area contributed by atoms with Gasteiger partial charge in [-0.05, 0) is 12.1 Å². The first-order valence-corrected chi connectivity index (χ1v) is 4.49. The summed E-state index contributed by atoms with van der Waals surface area (Å²) in [5, 5.41) is 10.5. The van der Waals surface area contributed by atoms with E-state index in [0.29, 0.717) is 0 Å². The second-order valence-electron chi connectivity index (χ2n) is 2.79. The molecule has 0 spiro atoms. The molecule has 0 amide bonds. The molecule has 0 heterocycles. The smallest absolute Gasteiger partial charge is 0.172 e. The molecule has 5 heteroatoms. The molecule has 0 saturated carbocycles. The van der Waals surface area contributed by atoms with Crippen molar-refractivity contribution in [2.24, 2.45) is 0 Å². The summed E-state index contributed by atoms with van der Waals surface area (Å²) in [7, 11) is 1.36. The average molecular weight is 228 g/mol. The van der Waals surface area contributed by atoms with Crippen LogP contribution in [0.25, 0.3) is 0 Å². The van der Waals surface area contributed by atoms with E-state index in [-0.39, 0.29) is 16.3 Å². The highest BCUT2D eigenvalue weighted by atomic mass is 35.5. The fourth-order valence-electron chi connectivity index (χ4n) is 1.16. The first-order chi connectivity index (χ1) is 7.06. The summed E-state index contributed by atoms with van der Waals surface area (Å²) in [6.45, 7) is 0. The van der Waals surface area contributed by atoms with Gasteiger partial charge in [-0.3, -0.25) is 4.79 Å². The van der Waals surface area contributed by atoms with Crippen molar-refractivity contribution in [3.63, 3.8) is 0 Å². The normalized spacial score (nSPS) is 9.73. The van der Waals surface area contributed by atoms with Crippen molar-refractivity contribution in [3.05, 3.63) is 28.8 Å². The number of rotatable bonds is 4. The topological polar surface area (TPSA) is 66.4 Å². The van der Waals surface area contributed by atoms with Gasteiger partial charge in [0.25, 0.3) is 0 Å². The van der Waals surface area contributed by atoms with Gasteiger partial charge in [0.05, 0.1) is 24.1 Å². The summed E-state index contributed by atoms with van der Waals surface area (Å²) in [4.78, 5) is 21.7. The molecular formula is C10H8ClO4-. The Bertz CT molecular complexity index is 400. The van der Waals surface area contributed by atoms with Gasteiger partial charge in [-0.15, -0.1) is 0 Å². The molecule has 0 radical (unpaired) electrons. The summed E-state index contributed by atoms with van der Waals surface area (Å²) >= 11 is 5.77. The Balaban J connectivity index is 3.08. The zero-order valence-electron chi connectivity index (χ0n) is 7.95. The average Bonchev–Trinajstić information content (AvgIpc) is 2.16. The van der Waals surface area contributed by atoms with Crippen molar-refractivity contribution in [2.45, 2.75) is 6.42 Å². The molecule has 15 heavy (non-hydrogen) atoms. The van der Waals surface area contributed by atoms with Crippen LogP contribution in [0.3, 0.4) is 0 Å². The first kappa shape index (κ1) is 11.5. The molecule has 0 unspecified atom stereocenters. The largest absolute Gasteiger partial charge is 0.550 e. The molecular weight excluding hydrogens is 220 g/mol. The number of carbonyl (C=O) groups is 2. The van der Waals surface area contributed by atoms with Gasteiger partial charge in [-0.2, -0.15) is 0 Å². The molecule has 4 nitrogen and oxygen atoms in total. The minimum atomic E-state index is -1.43. The Kier molecular flexibility index (Phi) is 3.68. The number of ketones is 1. The number of benzene rings is 1. The van der Waals surface area contributed by atoms with Crippen LogP contribution in [-0.4, -0.2) is 18.9 Å². The highest BCUT2D eigenvalue weighted by Gasteiger charge is 2.14. The SMILES string of the molecule is COc1c(Cl)cccc1C(=O)CC(=O)[O-]. The molecule has 0 aliphatic carbocycles. The molecule has 1 aromatic carbocycles. The van der Waals surface area contributed by atoms with Gasteiger partial charge in [-0.25, -0.2) is 0 Å². The zero-order chi connectivity index (χ0) is 11.4. The van der Waals surface area contributed by atoms with Crippen LogP contribution in [0.15, 0.2) is 18.2 Å². The van der Waals surface area contributed by atoms with Crippen molar-refractivity contribution in [3.8, 4) is 5.75 Å². The van der Waals surface area contributed by atoms with E-state index < -0.39 is 18.2 Å². The molecule has 0 aliphatic heterocycles. The summed E-state index contributed by atoms with van der Waals surface area (Å²) in [5.41, 5.74) is 0.147.